The molecule has 1 fully saturated rings. The van der Waals surface area contributed by atoms with Crippen molar-refractivity contribution in [3.63, 3.8) is 0 Å². The Morgan fingerprint density at radius 1 is 1.40 bits per heavy atom. The molecule has 0 aromatic heterocycles. The van der Waals surface area contributed by atoms with Crippen LogP contribution in [0, 0.1) is 0 Å². The first kappa shape index (κ1) is 18.5. The van der Waals surface area contributed by atoms with Crippen molar-refractivity contribution < 1.29 is 29.0 Å². The summed E-state index contributed by atoms with van der Waals surface area (Å²) in [7, 11) is 1.47. The van der Waals surface area contributed by atoms with Gasteiger partial charge in [0.05, 0.1) is 7.11 Å². The Bertz CT molecular complexity index is 774. The fourth-order valence-electron chi connectivity index (χ4n) is 2.09. The fourth-order valence-corrected chi connectivity index (χ4v) is 2.53. The molecular weight excluding hydrogens is 396 g/mol. The van der Waals surface area contributed by atoms with Crippen molar-refractivity contribution in [2.24, 2.45) is 0 Å². The number of carboxylic acid groups (broad SMARTS) is 1. The molecule has 8 nitrogen and oxygen atoms in total. The zero-order chi connectivity index (χ0) is 18.6. The first-order chi connectivity index (χ1) is 11.9. The van der Waals surface area contributed by atoms with Gasteiger partial charge in [0, 0.05) is 4.47 Å². The largest absolute Gasteiger partial charge is 0.493 e. The molecule has 25 heavy (non-hydrogen) atoms. The molecule has 0 radical (unpaired) electrons. The maximum atomic E-state index is 12.2. The monoisotopic (exact) mass is 410 g/mol. The molecule has 132 valence electrons. The predicted molar refractivity (Wildman–Crippen MR) is 92.2 cm³/mol. The second-order valence-corrected chi connectivity index (χ2v) is 5.75. The Balaban J connectivity index is 2.34. The molecule has 1 aromatic rings. The molecule has 0 saturated carbocycles. The summed E-state index contributed by atoms with van der Waals surface area (Å²) in [6, 6.07) is 2.49. The number of carboxylic acids is 1. The fraction of sp³-hybridized carbons (Fsp3) is 0.188. The summed E-state index contributed by atoms with van der Waals surface area (Å²) in [5.74, 6) is -1.09. The van der Waals surface area contributed by atoms with Gasteiger partial charge in [0.2, 0.25) is 0 Å². The van der Waals surface area contributed by atoms with E-state index in [0.29, 0.717) is 33.0 Å². The van der Waals surface area contributed by atoms with Crippen LogP contribution < -0.4 is 14.8 Å². The summed E-state index contributed by atoms with van der Waals surface area (Å²) < 4.78 is 11.3. The number of methoxy groups -OCH3 is 1. The summed E-state index contributed by atoms with van der Waals surface area (Å²) in [4.78, 5) is 35.2. The summed E-state index contributed by atoms with van der Waals surface area (Å²) in [6.07, 6.45) is 3.01. The molecule has 9 heteroatoms. The van der Waals surface area contributed by atoms with E-state index in [0.717, 1.165) is 0 Å². The molecule has 0 bridgehead atoms. The number of urea groups is 1. The lowest BCUT2D eigenvalue weighted by Crippen LogP contribution is -2.35. The van der Waals surface area contributed by atoms with Crippen molar-refractivity contribution in [3.8, 4) is 11.5 Å². The van der Waals surface area contributed by atoms with Crippen LogP contribution in [0.4, 0.5) is 4.79 Å². The molecule has 1 heterocycles. The lowest BCUT2D eigenvalue weighted by molar-refractivity contribution is -0.140. The molecule has 3 amide bonds. The molecular formula is C16H15BrN2O6. The lowest BCUT2D eigenvalue weighted by Gasteiger charge is -2.12. The number of amides is 3. The van der Waals surface area contributed by atoms with Crippen LogP contribution in [-0.4, -0.2) is 48.2 Å². The number of carbonyl (C=O) groups excluding carboxylic acids is 2. The zero-order valence-corrected chi connectivity index (χ0v) is 14.8. The smallest absolute Gasteiger partial charge is 0.329 e. The molecule has 2 rings (SSSR count). The van der Waals surface area contributed by atoms with Gasteiger partial charge in [0.15, 0.2) is 11.5 Å². The quantitative estimate of drug-likeness (QED) is 0.404. The van der Waals surface area contributed by atoms with Gasteiger partial charge < -0.3 is 19.9 Å². The second kappa shape index (κ2) is 7.84. The van der Waals surface area contributed by atoms with Crippen LogP contribution in [0.2, 0.25) is 0 Å². The molecule has 1 aliphatic heterocycles. The molecule has 0 atom stereocenters. The van der Waals surface area contributed by atoms with E-state index in [1.54, 1.807) is 18.2 Å². The summed E-state index contributed by atoms with van der Waals surface area (Å²) >= 11 is 3.36. The number of halogens is 1. The molecule has 1 saturated heterocycles. The van der Waals surface area contributed by atoms with Crippen LogP contribution >= 0.6 is 15.9 Å². The Kier molecular flexibility index (Phi) is 5.81. The van der Waals surface area contributed by atoms with E-state index in [-0.39, 0.29) is 5.70 Å². The van der Waals surface area contributed by atoms with E-state index >= 15 is 0 Å². The van der Waals surface area contributed by atoms with Gasteiger partial charge in [-0.2, -0.15) is 0 Å². The number of benzene rings is 1. The number of hydrogen-bond donors (Lipinski definition) is 2. The van der Waals surface area contributed by atoms with Crippen LogP contribution in [0.1, 0.15) is 5.56 Å². The van der Waals surface area contributed by atoms with Crippen LogP contribution in [0.3, 0.4) is 0 Å². The first-order valence-electron chi connectivity index (χ1n) is 7.05. The van der Waals surface area contributed by atoms with Gasteiger partial charge >= 0.3 is 12.0 Å². The number of ether oxygens (including phenoxy) is 2. The Morgan fingerprint density at radius 2 is 2.12 bits per heavy atom. The van der Waals surface area contributed by atoms with Crippen molar-refractivity contribution in [1.29, 1.82) is 0 Å². The minimum Gasteiger partial charge on any atom is -0.493 e. The van der Waals surface area contributed by atoms with Gasteiger partial charge in [-0.25, -0.2) is 9.69 Å². The van der Waals surface area contributed by atoms with Crippen molar-refractivity contribution >= 4 is 39.9 Å². The second-order valence-electron chi connectivity index (χ2n) is 4.90. The maximum Gasteiger partial charge on any atom is 0.329 e. The number of carbonyl (C=O) groups is 3. The lowest BCUT2D eigenvalue weighted by atomic mass is 10.1. The van der Waals surface area contributed by atoms with Crippen molar-refractivity contribution in [1.82, 2.24) is 10.2 Å². The number of rotatable bonds is 7. The third-order valence-electron chi connectivity index (χ3n) is 3.20. The van der Waals surface area contributed by atoms with Crippen LogP contribution in [0.5, 0.6) is 11.5 Å². The Labute approximate surface area is 151 Å². The zero-order valence-electron chi connectivity index (χ0n) is 13.2. The number of nitrogens with one attached hydrogen (secondary N) is 1. The van der Waals surface area contributed by atoms with Crippen LogP contribution in [0.15, 0.2) is 35.0 Å². The van der Waals surface area contributed by atoms with E-state index < -0.39 is 24.5 Å². The highest BCUT2D eigenvalue weighted by atomic mass is 79.9. The van der Waals surface area contributed by atoms with Gasteiger partial charge in [-0.05, 0) is 23.8 Å². The average molecular weight is 411 g/mol. The van der Waals surface area contributed by atoms with Gasteiger partial charge in [-0.1, -0.05) is 28.6 Å². The minimum atomic E-state index is -1.28. The summed E-state index contributed by atoms with van der Waals surface area (Å²) in [6.45, 7) is 3.16. The highest BCUT2D eigenvalue weighted by Gasteiger charge is 2.35. The highest BCUT2D eigenvalue weighted by Crippen LogP contribution is 2.34. The molecule has 1 aliphatic rings. The first-order valence-corrected chi connectivity index (χ1v) is 7.84. The number of nitrogens with zero attached hydrogens (tertiary/aromatic N) is 1. The summed E-state index contributed by atoms with van der Waals surface area (Å²) in [5, 5.41) is 11.1. The van der Waals surface area contributed by atoms with E-state index in [4.69, 9.17) is 14.6 Å². The van der Waals surface area contributed by atoms with E-state index in [1.165, 1.54) is 13.2 Å². The summed E-state index contributed by atoms with van der Waals surface area (Å²) in [5.41, 5.74) is 0.511. The minimum absolute atomic E-state index is 0.0336. The van der Waals surface area contributed by atoms with E-state index in [2.05, 4.69) is 27.8 Å². The van der Waals surface area contributed by atoms with Crippen LogP contribution in [0.25, 0.3) is 6.08 Å². The number of imide groups is 1. The van der Waals surface area contributed by atoms with Crippen LogP contribution in [-0.2, 0) is 9.59 Å². The predicted octanol–water partition coefficient (Wildman–Crippen LogP) is 2.00. The molecule has 0 aliphatic carbocycles. The highest BCUT2D eigenvalue weighted by molar-refractivity contribution is 9.10. The van der Waals surface area contributed by atoms with Gasteiger partial charge in [0.25, 0.3) is 5.91 Å². The number of aliphatic carboxylic acids is 1. The third-order valence-corrected chi connectivity index (χ3v) is 3.88. The molecule has 2 N–H and O–H groups in total. The normalized spacial score (nSPS) is 15.3. The maximum absolute atomic E-state index is 12.2. The van der Waals surface area contributed by atoms with E-state index in [9.17, 15) is 14.4 Å². The third kappa shape index (κ3) is 4.18. The standard InChI is InChI=1S/C16H15BrN2O6/c1-3-4-25-13-7-10(17)9(6-12(13)24-2)5-11-15(22)19(8-14(20)21)16(23)18-11/h3,5-7H,1,4,8H2,2H3,(H,18,23)(H,20,21)/b11-5+. The molecule has 1 aromatic carbocycles. The van der Waals surface area contributed by atoms with Crippen molar-refractivity contribution in [2.45, 2.75) is 0 Å². The SMILES string of the molecule is C=CCOc1cc(Br)c(/C=C2/NC(=O)N(CC(=O)O)C2=O)cc1OC. The van der Waals surface area contributed by atoms with E-state index in [1.807, 2.05) is 0 Å². The molecule has 0 spiro atoms. The van der Waals surface area contributed by atoms with Gasteiger partial charge in [-0.15, -0.1) is 0 Å². The van der Waals surface area contributed by atoms with Crippen molar-refractivity contribution in [2.75, 3.05) is 20.3 Å². The van der Waals surface area contributed by atoms with Gasteiger partial charge in [-0.3, -0.25) is 9.59 Å². The average Bonchev–Trinajstić information content (AvgIpc) is 2.82. The Morgan fingerprint density at radius 3 is 2.72 bits per heavy atom. The Hall–Kier alpha value is -2.81. The van der Waals surface area contributed by atoms with Gasteiger partial charge in [0.1, 0.15) is 18.8 Å². The van der Waals surface area contributed by atoms with Crippen molar-refractivity contribution in [3.05, 3.63) is 40.5 Å². The topological polar surface area (TPSA) is 105 Å². The molecule has 0 unspecified atom stereocenters. The number of hydrogen-bond acceptors (Lipinski definition) is 5.